The summed E-state index contributed by atoms with van der Waals surface area (Å²) >= 11 is 6.78. The summed E-state index contributed by atoms with van der Waals surface area (Å²) in [5, 5.41) is 20.6. The summed E-state index contributed by atoms with van der Waals surface area (Å²) in [6, 6.07) is 12.2. The molecule has 3 aromatic rings. The van der Waals surface area contributed by atoms with Crippen LogP contribution in [0.25, 0.3) is 0 Å². The number of hydrogen-bond acceptors (Lipinski definition) is 5. The van der Waals surface area contributed by atoms with E-state index in [0.717, 1.165) is 0 Å². The molecule has 2 N–H and O–H groups in total. The second kappa shape index (κ2) is 6.21. The molecule has 1 unspecified atom stereocenters. The zero-order valence-corrected chi connectivity index (χ0v) is 22.8. The summed E-state index contributed by atoms with van der Waals surface area (Å²) in [4.78, 5) is 12.8. The Bertz CT molecular complexity index is 1210. The van der Waals surface area contributed by atoms with Crippen molar-refractivity contribution in [2.75, 3.05) is 0 Å². The molecule has 0 aromatic heterocycles. The van der Waals surface area contributed by atoms with Gasteiger partial charge in [-0.05, 0) is 0 Å². The summed E-state index contributed by atoms with van der Waals surface area (Å²) < 4.78 is 13.8. The number of phenols is 2. The van der Waals surface area contributed by atoms with Gasteiger partial charge in [-0.15, -0.1) is 0 Å². The molecular weight excluding hydrogens is 681 g/mol. The van der Waals surface area contributed by atoms with E-state index in [1.165, 1.54) is 6.07 Å². The summed E-state index contributed by atoms with van der Waals surface area (Å²) in [5.41, 5.74) is 1.21. The van der Waals surface area contributed by atoms with E-state index in [0.29, 0.717) is 45.8 Å². The minimum atomic E-state index is -1.23. The van der Waals surface area contributed by atoms with Gasteiger partial charge in [0.2, 0.25) is 0 Å². The fourth-order valence-corrected chi connectivity index (χ4v) is 7.41. The predicted octanol–water partition coefficient (Wildman–Crippen LogP) is 4.36. The molecule has 0 saturated carbocycles. The van der Waals surface area contributed by atoms with Crippen molar-refractivity contribution in [1.82, 2.24) is 0 Å². The first-order valence-electron chi connectivity index (χ1n) is 8.26. The average Bonchev–Trinajstić information content (AvgIpc) is 2.97. The molecule has 5 rings (SSSR count). The van der Waals surface area contributed by atoms with Crippen molar-refractivity contribution in [3.05, 3.63) is 73.7 Å². The number of benzene rings is 3. The Morgan fingerprint density at radius 3 is 2.46 bits per heavy atom. The van der Waals surface area contributed by atoms with Crippen molar-refractivity contribution in [2.45, 2.75) is 5.60 Å². The van der Waals surface area contributed by atoms with Crippen LogP contribution < -0.4 is 7.81 Å². The van der Waals surface area contributed by atoms with Gasteiger partial charge in [0.05, 0.1) is 0 Å². The third-order valence-electron chi connectivity index (χ3n) is 5.09. The Morgan fingerprint density at radius 1 is 0.964 bits per heavy atom. The Labute approximate surface area is 192 Å². The van der Waals surface area contributed by atoms with Crippen LogP contribution in [0, 0.1) is 0 Å². The standard InChI is InChI=1S/C20H9Br2O5.Hg/c21-13-5-11-17(7-15(13)23)26-18-8-16(24)14(22)6-12(18)20(11)10-4-2-1-3-9(10)19(25)27-20;/h1-7,23-24H;. The van der Waals surface area contributed by atoms with Gasteiger partial charge in [0, 0.05) is 0 Å². The van der Waals surface area contributed by atoms with Gasteiger partial charge < -0.3 is 0 Å². The van der Waals surface area contributed by atoms with Gasteiger partial charge >= 0.3 is 194 Å². The van der Waals surface area contributed by atoms with Crippen molar-refractivity contribution in [3.8, 4) is 23.0 Å². The molecule has 0 radical (unpaired) electrons. The van der Waals surface area contributed by atoms with Crippen molar-refractivity contribution < 1.29 is 50.6 Å². The van der Waals surface area contributed by atoms with Gasteiger partial charge in [-0.25, -0.2) is 0 Å². The van der Waals surface area contributed by atoms with E-state index < -0.39 is 11.6 Å². The van der Waals surface area contributed by atoms with Gasteiger partial charge in [0.1, 0.15) is 0 Å². The molecule has 0 amide bonds. The van der Waals surface area contributed by atoms with E-state index in [2.05, 4.69) is 31.9 Å². The van der Waals surface area contributed by atoms with Crippen molar-refractivity contribution in [1.29, 1.82) is 0 Å². The number of hydrogen-bond donors (Lipinski definition) is 2. The van der Waals surface area contributed by atoms with Gasteiger partial charge in [-0.2, -0.15) is 0 Å². The Balaban J connectivity index is 1.96. The zero-order valence-electron chi connectivity index (χ0n) is 14.1. The molecule has 28 heavy (non-hydrogen) atoms. The van der Waals surface area contributed by atoms with E-state index in [9.17, 15) is 15.0 Å². The molecule has 5 nitrogen and oxygen atoms in total. The maximum atomic E-state index is 12.8. The van der Waals surface area contributed by atoms with Crippen LogP contribution in [0.3, 0.4) is 0 Å². The molecule has 2 aliphatic rings. The van der Waals surface area contributed by atoms with Crippen LogP contribution in [-0.2, 0) is 36.5 Å². The first-order chi connectivity index (χ1) is 13.3. The molecule has 0 aliphatic carbocycles. The third kappa shape index (κ3) is 2.29. The molecule has 0 bridgehead atoms. The van der Waals surface area contributed by atoms with E-state index >= 15 is 0 Å². The van der Waals surface area contributed by atoms with Gasteiger partial charge in [-0.3, -0.25) is 0 Å². The number of rotatable bonds is 0. The molecule has 2 heterocycles. The SMILES string of the molecule is O=C1OC2(c3cc(Br)c(O)cc3Oc3c2cc(Br)c(O)[c]3[Hg])c2ccccc21. The number of phenolic OH excluding ortho intramolecular Hbond substituents is 2. The minimum absolute atomic E-state index is 0.0103. The van der Waals surface area contributed by atoms with E-state index in [-0.39, 0.29) is 37.6 Å². The molecule has 0 saturated heterocycles. The Morgan fingerprint density at radius 2 is 1.68 bits per heavy atom. The van der Waals surface area contributed by atoms with E-state index in [4.69, 9.17) is 9.47 Å². The second-order valence-corrected chi connectivity index (χ2v) is 11.0. The molecule has 2 aliphatic heterocycles. The van der Waals surface area contributed by atoms with Crippen molar-refractivity contribution in [3.63, 3.8) is 0 Å². The van der Waals surface area contributed by atoms with E-state index in [1.54, 1.807) is 24.3 Å². The number of aromatic hydroxyl groups is 2. The van der Waals surface area contributed by atoms with Crippen molar-refractivity contribution >= 4 is 40.9 Å². The normalized spacial score (nSPS) is 18.9. The van der Waals surface area contributed by atoms with Gasteiger partial charge in [0.15, 0.2) is 0 Å². The van der Waals surface area contributed by atoms with Crippen molar-refractivity contribution in [2.24, 2.45) is 0 Å². The molecule has 8 heteroatoms. The molecule has 0 fully saturated rings. The maximum absolute atomic E-state index is 12.8. The van der Waals surface area contributed by atoms with Crippen LogP contribution in [0.5, 0.6) is 23.0 Å². The number of carbonyl (C=O) groups is 1. The van der Waals surface area contributed by atoms with Crippen LogP contribution in [0.4, 0.5) is 0 Å². The number of carbonyl (C=O) groups excluding carboxylic acids is 1. The Hall–Kier alpha value is -1.57. The topological polar surface area (TPSA) is 76.0 Å². The number of ether oxygens (including phenoxy) is 2. The second-order valence-electron chi connectivity index (χ2n) is 6.58. The fraction of sp³-hybridized carbons (Fsp3) is 0.0500. The number of esters is 1. The fourth-order valence-electron chi connectivity index (χ4n) is 3.83. The number of fused-ring (bicyclic) bond motifs is 6. The molecule has 1 atom stereocenters. The van der Waals surface area contributed by atoms with Gasteiger partial charge in [0.25, 0.3) is 0 Å². The van der Waals surface area contributed by atoms with Crippen LogP contribution >= 0.6 is 31.9 Å². The Kier molecular flexibility index (Phi) is 4.09. The first-order valence-corrected chi connectivity index (χ1v) is 12.6. The predicted molar refractivity (Wildman–Crippen MR) is 103 cm³/mol. The summed E-state index contributed by atoms with van der Waals surface area (Å²) in [5.74, 6) is 0.562. The quantitative estimate of drug-likeness (QED) is 0.271. The van der Waals surface area contributed by atoms with E-state index in [1.807, 2.05) is 12.1 Å². The first kappa shape index (κ1) is 18.5. The molecule has 1 spiro atoms. The molecule has 3 aromatic carbocycles. The summed E-state index contributed by atoms with van der Waals surface area (Å²) in [7, 11) is 0. The van der Waals surface area contributed by atoms with Crippen LogP contribution in [-0.4, -0.2) is 16.2 Å². The molecule has 135 valence electrons. The zero-order chi connectivity index (χ0) is 19.8. The average molecular weight is 690 g/mol. The van der Waals surface area contributed by atoms with Crippen LogP contribution in [0.1, 0.15) is 27.0 Å². The molecular formula is C20H9Br2HgO5. The number of halogens is 2. The van der Waals surface area contributed by atoms with Gasteiger partial charge in [-0.1, -0.05) is 0 Å². The summed E-state index contributed by atoms with van der Waals surface area (Å²) in [6.07, 6.45) is 0. The van der Waals surface area contributed by atoms with Crippen LogP contribution in [0.2, 0.25) is 0 Å². The summed E-state index contributed by atoms with van der Waals surface area (Å²) in [6.45, 7) is 0. The third-order valence-corrected chi connectivity index (χ3v) is 8.88. The monoisotopic (exact) mass is 689 g/mol. The van der Waals surface area contributed by atoms with Crippen LogP contribution in [0.15, 0.2) is 51.4 Å².